The number of nitro groups is 1. The van der Waals surface area contributed by atoms with Crippen molar-refractivity contribution >= 4 is 21.6 Å². The van der Waals surface area contributed by atoms with E-state index in [0.717, 1.165) is 22.9 Å². The van der Waals surface area contributed by atoms with Gasteiger partial charge in [-0.1, -0.05) is 29.3 Å². The van der Waals surface area contributed by atoms with Gasteiger partial charge >= 0.3 is 0 Å². The van der Waals surface area contributed by atoms with Crippen molar-refractivity contribution in [1.29, 1.82) is 0 Å². The van der Waals surface area contributed by atoms with Gasteiger partial charge in [-0.3, -0.25) is 10.1 Å². The fourth-order valence-electron chi connectivity index (χ4n) is 1.90. The van der Waals surface area contributed by atoms with E-state index in [0.29, 0.717) is 6.54 Å². The van der Waals surface area contributed by atoms with E-state index in [1.165, 1.54) is 6.07 Å². The molecule has 0 saturated carbocycles. The third-order valence-corrected chi connectivity index (χ3v) is 3.26. The fourth-order valence-corrected chi connectivity index (χ4v) is 2.42. The average Bonchev–Trinajstić information content (AvgIpc) is 2.26. The molecule has 18 heavy (non-hydrogen) atoms. The van der Waals surface area contributed by atoms with Crippen LogP contribution in [0.2, 0.25) is 0 Å². The third-order valence-electron chi connectivity index (χ3n) is 2.80. The van der Waals surface area contributed by atoms with Gasteiger partial charge in [0, 0.05) is 28.7 Å². The second-order valence-corrected chi connectivity index (χ2v) is 5.98. The van der Waals surface area contributed by atoms with Crippen LogP contribution in [0.5, 0.6) is 0 Å². The molecule has 0 aliphatic rings. The number of nitrogens with zero attached hydrogens (tertiary/aromatic N) is 1. The van der Waals surface area contributed by atoms with Gasteiger partial charge in [0.05, 0.1) is 4.92 Å². The van der Waals surface area contributed by atoms with E-state index in [9.17, 15) is 10.1 Å². The Morgan fingerprint density at radius 2 is 2.06 bits per heavy atom. The predicted molar refractivity (Wildman–Crippen MR) is 76.6 cm³/mol. The Balaban J connectivity index is 2.76. The molecule has 0 fully saturated rings. The predicted octanol–water partition coefficient (Wildman–Crippen LogP) is 4.03. The number of benzene rings is 1. The van der Waals surface area contributed by atoms with E-state index in [1.54, 1.807) is 6.07 Å². The topological polar surface area (TPSA) is 55.2 Å². The molecule has 4 nitrogen and oxygen atoms in total. The minimum Gasteiger partial charge on any atom is -0.308 e. The summed E-state index contributed by atoms with van der Waals surface area (Å²) >= 11 is 3.30. The maximum atomic E-state index is 10.8. The van der Waals surface area contributed by atoms with Crippen LogP contribution in [0.15, 0.2) is 22.7 Å². The number of nitrogens with one attached hydrogen (secondary N) is 1. The number of nitro benzene ring substituents is 1. The van der Waals surface area contributed by atoms with Crippen molar-refractivity contribution in [3.05, 3.63) is 38.3 Å². The Morgan fingerprint density at radius 3 is 2.61 bits per heavy atom. The molecule has 0 spiro atoms. The first kappa shape index (κ1) is 15.1. The van der Waals surface area contributed by atoms with E-state index in [4.69, 9.17) is 0 Å². The van der Waals surface area contributed by atoms with Crippen molar-refractivity contribution in [2.24, 2.45) is 0 Å². The molecule has 0 bridgehead atoms. The van der Waals surface area contributed by atoms with Gasteiger partial charge in [0.15, 0.2) is 0 Å². The van der Waals surface area contributed by atoms with Crippen LogP contribution in [-0.2, 0) is 6.54 Å². The highest BCUT2D eigenvalue weighted by Gasteiger charge is 2.16. The molecule has 0 atom stereocenters. The zero-order valence-electron chi connectivity index (χ0n) is 11.0. The van der Waals surface area contributed by atoms with Gasteiger partial charge in [0.2, 0.25) is 0 Å². The maximum Gasteiger partial charge on any atom is 0.270 e. The van der Waals surface area contributed by atoms with Gasteiger partial charge in [0.1, 0.15) is 0 Å². The molecule has 1 aromatic rings. The zero-order chi connectivity index (χ0) is 13.8. The van der Waals surface area contributed by atoms with Crippen molar-refractivity contribution in [3.63, 3.8) is 0 Å². The Labute approximate surface area is 116 Å². The second kappa shape index (κ2) is 6.29. The summed E-state index contributed by atoms with van der Waals surface area (Å²) in [7, 11) is 0. The van der Waals surface area contributed by atoms with Crippen LogP contribution in [0.4, 0.5) is 5.69 Å². The molecule has 0 saturated heterocycles. The van der Waals surface area contributed by atoms with Gasteiger partial charge in [-0.05, 0) is 31.9 Å². The zero-order valence-corrected chi connectivity index (χ0v) is 12.6. The lowest BCUT2D eigenvalue weighted by Gasteiger charge is -2.26. The van der Waals surface area contributed by atoms with Gasteiger partial charge in [0.25, 0.3) is 5.69 Å². The number of rotatable bonds is 6. The van der Waals surface area contributed by atoms with E-state index in [1.807, 2.05) is 6.07 Å². The van der Waals surface area contributed by atoms with Gasteiger partial charge < -0.3 is 5.32 Å². The van der Waals surface area contributed by atoms with Crippen LogP contribution in [0.3, 0.4) is 0 Å². The highest BCUT2D eigenvalue weighted by Crippen LogP contribution is 2.22. The lowest BCUT2D eigenvalue weighted by atomic mass is 9.98. The van der Waals surface area contributed by atoms with Crippen LogP contribution in [-0.4, -0.2) is 10.5 Å². The van der Waals surface area contributed by atoms with Crippen molar-refractivity contribution in [2.75, 3.05) is 0 Å². The fraction of sp³-hybridized carbons (Fsp3) is 0.538. The molecular formula is C13H19BrN2O2. The second-order valence-electron chi connectivity index (χ2n) is 5.06. The van der Waals surface area contributed by atoms with Crippen LogP contribution in [0, 0.1) is 10.1 Å². The van der Waals surface area contributed by atoms with Crippen molar-refractivity contribution in [1.82, 2.24) is 5.32 Å². The van der Waals surface area contributed by atoms with Crippen LogP contribution in [0.1, 0.15) is 39.2 Å². The molecule has 0 aliphatic heterocycles. The minimum atomic E-state index is -0.370. The van der Waals surface area contributed by atoms with Gasteiger partial charge in [-0.2, -0.15) is 0 Å². The Bertz CT molecular complexity index is 433. The Kier molecular flexibility index (Phi) is 5.28. The first-order chi connectivity index (χ1) is 8.34. The molecule has 1 aromatic carbocycles. The molecule has 5 heteroatoms. The monoisotopic (exact) mass is 314 g/mol. The van der Waals surface area contributed by atoms with Crippen molar-refractivity contribution in [3.8, 4) is 0 Å². The standard InChI is InChI=1S/C13H19BrN2O2/c1-4-5-13(2,3)15-9-10-6-11(14)8-12(7-10)16(17)18/h6-8,15H,4-5,9H2,1-3H3. The molecule has 0 amide bonds. The lowest BCUT2D eigenvalue weighted by Crippen LogP contribution is -2.38. The largest absolute Gasteiger partial charge is 0.308 e. The lowest BCUT2D eigenvalue weighted by molar-refractivity contribution is -0.385. The first-order valence-electron chi connectivity index (χ1n) is 6.03. The smallest absolute Gasteiger partial charge is 0.270 e. The molecule has 0 radical (unpaired) electrons. The third kappa shape index (κ3) is 4.74. The Morgan fingerprint density at radius 1 is 1.39 bits per heavy atom. The molecule has 0 unspecified atom stereocenters. The summed E-state index contributed by atoms with van der Waals surface area (Å²) in [4.78, 5) is 10.4. The van der Waals surface area contributed by atoms with E-state index < -0.39 is 0 Å². The van der Waals surface area contributed by atoms with Crippen LogP contribution >= 0.6 is 15.9 Å². The summed E-state index contributed by atoms with van der Waals surface area (Å²) < 4.78 is 0.738. The number of hydrogen-bond donors (Lipinski definition) is 1. The van der Waals surface area contributed by atoms with E-state index in [2.05, 4.69) is 42.0 Å². The van der Waals surface area contributed by atoms with Gasteiger partial charge in [-0.15, -0.1) is 0 Å². The summed E-state index contributed by atoms with van der Waals surface area (Å²) in [6.45, 7) is 7.06. The highest BCUT2D eigenvalue weighted by atomic mass is 79.9. The Hall–Kier alpha value is -0.940. The molecule has 0 aliphatic carbocycles. The molecular weight excluding hydrogens is 296 g/mol. The summed E-state index contributed by atoms with van der Waals surface area (Å²) in [5.74, 6) is 0. The summed E-state index contributed by atoms with van der Waals surface area (Å²) in [5.41, 5.74) is 1.08. The minimum absolute atomic E-state index is 0.0475. The SMILES string of the molecule is CCCC(C)(C)NCc1cc(Br)cc([N+](=O)[O-])c1. The van der Waals surface area contributed by atoms with E-state index >= 15 is 0 Å². The molecule has 1 rings (SSSR count). The average molecular weight is 315 g/mol. The van der Waals surface area contributed by atoms with Crippen molar-refractivity contribution in [2.45, 2.75) is 45.7 Å². The quantitative estimate of drug-likeness (QED) is 0.637. The van der Waals surface area contributed by atoms with E-state index in [-0.39, 0.29) is 16.1 Å². The molecule has 0 aromatic heterocycles. The number of halogens is 1. The number of non-ortho nitro benzene ring substituents is 1. The number of hydrogen-bond acceptors (Lipinski definition) is 3. The summed E-state index contributed by atoms with van der Waals surface area (Å²) in [5, 5.41) is 14.2. The van der Waals surface area contributed by atoms with Crippen LogP contribution < -0.4 is 5.32 Å². The highest BCUT2D eigenvalue weighted by molar-refractivity contribution is 9.10. The molecule has 0 heterocycles. The van der Waals surface area contributed by atoms with Crippen LogP contribution in [0.25, 0.3) is 0 Å². The first-order valence-corrected chi connectivity index (χ1v) is 6.82. The molecule has 1 N–H and O–H groups in total. The molecule has 100 valence electrons. The maximum absolute atomic E-state index is 10.8. The van der Waals surface area contributed by atoms with Gasteiger partial charge in [-0.25, -0.2) is 0 Å². The normalized spacial score (nSPS) is 11.6. The van der Waals surface area contributed by atoms with Crippen molar-refractivity contribution < 1.29 is 4.92 Å². The summed E-state index contributed by atoms with van der Waals surface area (Å²) in [6.07, 6.45) is 2.18. The summed E-state index contributed by atoms with van der Waals surface area (Å²) in [6, 6.07) is 5.03.